The Balaban J connectivity index is 2.89. The third-order valence-corrected chi connectivity index (χ3v) is 3.39. The van der Waals surface area contributed by atoms with Gasteiger partial charge in [0.2, 0.25) is 0 Å². The Kier molecular flexibility index (Phi) is 4.63. The molecule has 1 N–H and O–H groups in total. The first-order chi connectivity index (χ1) is 8.25. The van der Waals surface area contributed by atoms with Crippen molar-refractivity contribution in [3.05, 3.63) is 34.9 Å². The van der Waals surface area contributed by atoms with Crippen molar-refractivity contribution in [3.8, 4) is 0 Å². The van der Waals surface area contributed by atoms with E-state index in [1.165, 1.54) is 0 Å². The molecular weight excluding hydrogens is 248 g/mol. The largest absolute Gasteiger partial charge is 0.329 e. The minimum absolute atomic E-state index is 0.102. The Morgan fingerprint density at radius 2 is 1.89 bits per heavy atom. The summed E-state index contributed by atoms with van der Waals surface area (Å²) < 4.78 is 0. The smallest absolute Gasteiger partial charge is 0.318 e. The van der Waals surface area contributed by atoms with E-state index in [4.69, 9.17) is 11.6 Å². The molecule has 1 rings (SSSR count). The van der Waals surface area contributed by atoms with Crippen LogP contribution in [0, 0.1) is 0 Å². The van der Waals surface area contributed by atoms with E-state index in [0.29, 0.717) is 5.02 Å². The highest BCUT2D eigenvalue weighted by Gasteiger charge is 2.26. The lowest BCUT2D eigenvalue weighted by Crippen LogP contribution is -2.49. The second-order valence-corrected chi connectivity index (χ2v) is 5.65. The fraction of sp³-hybridized carbons (Fsp3) is 0.500. The van der Waals surface area contributed by atoms with Crippen molar-refractivity contribution in [2.45, 2.75) is 39.3 Å². The van der Waals surface area contributed by atoms with Crippen molar-refractivity contribution in [1.82, 2.24) is 10.2 Å². The Morgan fingerprint density at radius 1 is 1.33 bits per heavy atom. The Hall–Kier alpha value is -1.22. The number of amides is 2. The van der Waals surface area contributed by atoms with Crippen LogP contribution in [0.2, 0.25) is 5.02 Å². The molecule has 0 aliphatic heterocycles. The molecule has 0 heterocycles. The number of carbonyl (C=O) groups excluding carboxylic acids is 1. The molecule has 0 bridgehead atoms. The van der Waals surface area contributed by atoms with Crippen LogP contribution in [0.25, 0.3) is 0 Å². The van der Waals surface area contributed by atoms with Crippen molar-refractivity contribution >= 4 is 17.6 Å². The van der Waals surface area contributed by atoms with Gasteiger partial charge >= 0.3 is 6.03 Å². The summed E-state index contributed by atoms with van der Waals surface area (Å²) in [5.41, 5.74) is 0.413. The Morgan fingerprint density at radius 3 is 2.39 bits per heavy atom. The van der Waals surface area contributed by atoms with Crippen LogP contribution in [0.5, 0.6) is 0 Å². The van der Waals surface area contributed by atoms with Crippen LogP contribution >= 0.6 is 11.6 Å². The van der Waals surface area contributed by atoms with Crippen LogP contribution in [0.15, 0.2) is 24.3 Å². The molecule has 4 heteroatoms. The van der Waals surface area contributed by atoms with Crippen LogP contribution in [0.1, 0.15) is 33.3 Å². The fourth-order valence-electron chi connectivity index (χ4n) is 1.63. The topological polar surface area (TPSA) is 32.3 Å². The number of hydrogen-bond donors (Lipinski definition) is 1. The first kappa shape index (κ1) is 14.8. The summed E-state index contributed by atoms with van der Waals surface area (Å²) in [7, 11) is 1.78. The van der Waals surface area contributed by atoms with Crippen LogP contribution in [-0.4, -0.2) is 24.0 Å². The summed E-state index contributed by atoms with van der Waals surface area (Å²) in [5, 5.41) is 3.66. The molecule has 0 radical (unpaired) electrons. The second kappa shape index (κ2) is 5.61. The average molecular weight is 269 g/mol. The highest BCUT2D eigenvalue weighted by molar-refractivity contribution is 6.31. The molecule has 3 nitrogen and oxygen atoms in total. The number of urea groups is 1. The molecule has 0 saturated carbocycles. The molecule has 0 unspecified atom stereocenters. The molecule has 100 valence electrons. The van der Waals surface area contributed by atoms with E-state index in [9.17, 15) is 4.79 Å². The van der Waals surface area contributed by atoms with Gasteiger partial charge in [-0.15, -0.1) is 0 Å². The van der Waals surface area contributed by atoms with Crippen molar-refractivity contribution in [3.63, 3.8) is 0 Å². The SMILES string of the molecule is CC(C)N(C)C(=O)NC(C)(C)c1ccccc1Cl. The van der Waals surface area contributed by atoms with Gasteiger partial charge in [-0.2, -0.15) is 0 Å². The quantitative estimate of drug-likeness (QED) is 0.892. The summed E-state index contributed by atoms with van der Waals surface area (Å²) in [6, 6.07) is 7.61. The van der Waals surface area contributed by atoms with Gasteiger partial charge in [-0.05, 0) is 39.3 Å². The van der Waals surface area contributed by atoms with Crippen molar-refractivity contribution in [2.24, 2.45) is 0 Å². The second-order valence-electron chi connectivity index (χ2n) is 5.24. The monoisotopic (exact) mass is 268 g/mol. The first-order valence-electron chi connectivity index (χ1n) is 6.05. The van der Waals surface area contributed by atoms with Gasteiger partial charge in [0, 0.05) is 18.1 Å². The first-order valence-corrected chi connectivity index (χ1v) is 6.43. The maximum Gasteiger partial charge on any atom is 0.318 e. The molecule has 0 fully saturated rings. The molecule has 0 saturated heterocycles. The highest BCUT2D eigenvalue weighted by Crippen LogP contribution is 2.27. The Bertz CT molecular complexity index is 430. The standard InChI is InChI=1S/C14H21ClN2O/c1-10(2)17(5)13(18)16-14(3,4)11-8-6-7-9-12(11)15/h6-10H,1-5H3,(H,16,18). The number of benzene rings is 1. The highest BCUT2D eigenvalue weighted by atomic mass is 35.5. The maximum atomic E-state index is 12.1. The molecule has 0 aromatic heterocycles. The van der Waals surface area contributed by atoms with Gasteiger partial charge in [-0.1, -0.05) is 29.8 Å². The molecule has 1 aromatic rings. The van der Waals surface area contributed by atoms with Crippen LogP contribution in [-0.2, 0) is 5.54 Å². The van der Waals surface area contributed by atoms with Gasteiger partial charge in [-0.25, -0.2) is 4.79 Å². The zero-order chi connectivity index (χ0) is 13.9. The molecule has 18 heavy (non-hydrogen) atoms. The predicted molar refractivity (Wildman–Crippen MR) is 75.9 cm³/mol. The third-order valence-electron chi connectivity index (χ3n) is 3.06. The zero-order valence-corrected chi connectivity index (χ0v) is 12.4. The Labute approximate surface area is 114 Å². The van der Waals surface area contributed by atoms with Gasteiger partial charge in [0.25, 0.3) is 0 Å². The number of halogens is 1. The van der Waals surface area contributed by atoms with Crippen LogP contribution in [0.4, 0.5) is 4.79 Å². The lowest BCUT2D eigenvalue weighted by atomic mass is 9.94. The van der Waals surface area contributed by atoms with Crippen molar-refractivity contribution in [1.29, 1.82) is 0 Å². The van der Waals surface area contributed by atoms with E-state index in [-0.39, 0.29) is 12.1 Å². The normalized spacial score (nSPS) is 11.5. The molecule has 0 aliphatic rings. The number of rotatable bonds is 3. The molecular formula is C14H21ClN2O. The van der Waals surface area contributed by atoms with Crippen LogP contribution < -0.4 is 5.32 Å². The van der Waals surface area contributed by atoms with Gasteiger partial charge in [-0.3, -0.25) is 0 Å². The fourth-order valence-corrected chi connectivity index (χ4v) is 2.00. The minimum Gasteiger partial charge on any atom is -0.329 e. The summed E-state index contributed by atoms with van der Waals surface area (Å²) in [4.78, 5) is 13.7. The molecule has 1 aromatic carbocycles. The lowest BCUT2D eigenvalue weighted by molar-refractivity contribution is 0.186. The van der Waals surface area contributed by atoms with E-state index in [1.54, 1.807) is 11.9 Å². The number of carbonyl (C=O) groups is 1. The van der Waals surface area contributed by atoms with Crippen molar-refractivity contribution in [2.75, 3.05) is 7.05 Å². The van der Waals surface area contributed by atoms with Crippen molar-refractivity contribution < 1.29 is 4.79 Å². The van der Waals surface area contributed by atoms with Crippen LogP contribution in [0.3, 0.4) is 0 Å². The van der Waals surface area contributed by atoms with Gasteiger partial charge in [0.1, 0.15) is 0 Å². The summed E-state index contributed by atoms with van der Waals surface area (Å²) in [6.07, 6.45) is 0. The minimum atomic E-state index is -0.501. The maximum absolute atomic E-state index is 12.1. The number of nitrogens with one attached hydrogen (secondary N) is 1. The molecule has 0 aliphatic carbocycles. The molecule has 0 spiro atoms. The predicted octanol–water partition coefficient (Wildman–Crippen LogP) is 3.62. The van der Waals surface area contributed by atoms with E-state index in [2.05, 4.69) is 5.32 Å². The lowest BCUT2D eigenvalue weighted by Gasteiger charge is -2.31. The van der Waals surface area contributed by atoms with E-state index >= 15 is 0 Å². The summed E-state index contributed by atoms with van der Waals surface area (Å²) in [5.74, 6) is 0. The third kappa shape index (κ3) is 3.39. The molecule has 2 amide bonds. The average Bonchev–Trinajstić information content (AvgIpc) is 2.27. The van der Waals surface area contributed by atoms with Gasteiger partial charge in [0.05, 0.1) is 5.54 Å². The summed E-state index contributed by atoms with van der Waals surface area (Å²) >= 11 is 6.17. The number of nitrogens with zero attached hydrogens (tertiary/aromatic N) is 1. The molecule has 0 atom stereocenters. The zero-order valence-electron chi connectivity index (χ0n) is 11.6. The van der Waals surface area contributed by atoms with Gasteiger partial charge < -0.3 is 10.2 Å². The van der Waals surface area contributed by atoms with E-state index in [1.807, 2.05) is 52.0 Å². The number of hydrogen-bond acceptors (Lipinski definition) is 1. The van der Waals surface area contributed by atoms with E-state index in [0.717, 1.165) is 5.56 Å². The van der Waals surface area contributed by atoms with E-state index < -0.39 is 5.54 Å². The van der Waals surface area contributed by atoms with Gasteiger partial charge in [0.15, 0.2) is 0 Å². The summed E-state index contributed by atoms with van der Waals surface area (Å²) in [6.45, 7) is 7.84.